The van der Waals surface area contributed by atoms with Crippen LogP contribution in [0, 0.1) is 12.7 Å². The first-order valence-corrected chi connectivity index (χ1v) is 12.3. The summed E-state index contributed by atoms with van der Waals surface area (Å²) in [5.74, 6) is -0.437. The average molecular weight is 514 g/mol. The number of nitrogens with one attached hydrogen (secondary N) is 1. The molecule has 0 unspecified atom stereocenters. The van der Waals surface area contributed by atoms with Crippen molar-refractivity contribution in [3.8, 4) is 11.1 Å². The molecule has 1 aliphatic rings. The summed E-state index contributed by atoms with van der Waals surface area (Å²) in [6.07, 6.45) is 2.35. The molecule has 2 N–H and O–H groups in total. The van der Waals surface area contributed by atoms with Crippen molar-refractivity contribution in [2.24, 2.45) is 12.2 Å². The molecular weight excluding hydrogens is 485 g/mol. The Labute approximate surface area is 219 Å². The van der Waals surface area contributed by atoms with Gasteiger partial charge in [0.2, 0.25) is 5.95 Å². The number of amides is 1. The molecule has 0 bridgehead atoms. The first-order chi connectivity index (χ1) is 18.4. The van der Waals surface area contributed by atoms with Crippen LogP contribution in [-0.4, -0.2) is 57.5 Å². The van der Waals surface area contributed by atoms with Crippen LogP contribution in [-0.2, 0) is 11.8 Å². The molecule has 3 heterocycles. The van der Waals surface area contributed by atoms with Gasteiger partial charge in [0.05, 0.1) is 18.1 Å². The van der Waals surface area contributed by atoms with Crippen molar-refractivity contribution in [2.45, 2.75) is 6.92 Å². The van der Waals surface area contributed by atoms with Crippen LogP contribution < -0.4 is 15.1 Å². The minimum Gasteiger partial charge on any atom is -0.410 e. The summed E-state index contributed by atoms with van der Waals surface area (Å²) >= 11 is 0. The lowest BCUT2D eigenvalue weighted by molar-refractivity contribution is -0.110. The number of carbonyl (C=O) groups is 1. The smallest absolute Gasteiger partial charge is 0.279 e. The number of hydrogen-bond donors (Lipinski definition) is 2. The second-order valence-electron chi connectivity index (χ2n) is 9.10. The van der Waals surface area contributed by atoms with Crippen molar-refractivity contribution in [1.29, 1.82) is 0 Å². The van der Waals surface area contributed by atoms with Crippen molar-refractivity contribution in [1.82, 2.24) is 14.5 Å². The van der Waals surface area contributed by atoms with Crippen molar-refractivity contribution in [3.05, 3.63) is 90.3 Å². The zero-order chi connectivity index (χ0) is 26.6. The summed E-state index contributed by atoms with van der Waals surface area (Å²) in [5.41, 5.74) is 4.75. The van der Waals surface area contributed by atoms with E-state index in [1.165, 1.54) is 12.4 Å². The van der Waals surface area contributed by atoms with E-state index in [-0.39, 0.29) is 5.71 Å². The maximum atomic E-state index is 13.2. The van der Waals surface area contributed by atoms with Gasteiger partial charge in [-0.25, -0.2) is 14.4 Å². The van der Waals surface area contributed by atoms with Crippen molar-refractivity contribution in [2.75, 3.05) is 41.3 Å². The number of piperazine rings is 1. The normalized spacial score (nSPS) is 14.0. The number of aromatic nitrogens is 3. The third-order valence-corrected chi connectivity index (χ3v) is 6.76. The highest BCUT2D eigenvalue weighted by atomic mass is 19.1. The Morgan fingerprint density at radius 1 is 0.974 bits per heavy atom. The van der Waals surface area contributed by atoms with Gasteiger partial charge in [-0.2, -0.15) is 0 Å². The van der Waals surface area contributed by atoms with Gasteiger partial charge in [-0.15, -0.1) is 0 Å². The molecule has 0 atom stereocenters. The standard InChI is InChI=1S/C28H28FN7O2/c1-19-16-24(20-6-4-3-5-7-20)26(34(19)2)25(33-38)27(37)32-22-8-10-23(11-9-22)35-12-14-36(15-13-35)28-30-17-21(29)18-31-28/h3-11,16-18,38H,12-15H2,1-2H3,(H,32,37). The number of oxime groups is 1. The largest absolute Gasteiger partial charge is 0.410 e. The van der Waals surface area contributed by atoms with Gasteiger partial charge < -0.3 is 24.9 Å². The summed E-state index contributed by atoms with van der Waals surface area (Å²) in [7, 11) is 1.84. The van der Waals surface area contributed by atoms with E-state index in [1.807, 2.05) is 84.1 Å². The molecule has 1 fully saturated rings. The predicted octanol–water partition coefficient (Wildman–Crippen LogP) is 4.07. The Hall–Kier alpha value is -4.73. The van der Waals surface area contributed by atoms with E-state index in [2.05, 4.69) is 25.3 Å². The molecule has 4 aromatic rings. The quantitative estimate of drug-likeness (QED) is 0.229. The molecule has 0 aliphatic carbocycles. The summed E-state index contributed by atoms with van der Waals surface area (Å²) in [5, 5.41) is 16.1. The van der Waals surface area contributed by atoms with Crippen LogP contribution >= 0.6 is 0 Å². The van der Waals surface area contributed by atoms with E-state index in [1.54, 1.807) is 0 Å². The van der Waals surface area contributed by atoms with Crippen LogP contribution in [0.1, 0.15) is 11.4 Å². The highest BCUT2D eigenvalue weighted by Gasteiger charge is 2.24. The Kier molecular flexibility index (Phi) is 7.03. The van der Waals surface area contributed by atoms with Crippen molar-refractivity contribution >= 4 is 28.9 Å². The molecule has 5 rings (SSSR count). The molecule has 0 saturated carbocycles. The topological polar surface area (TPSA) is 98.9 Å². The highest BCUT2D eigenvalue weighted by Crippen LogP contribution is 2.28. The maximum Gasteiger partial charge on any atom is 0.279 e. The number of carbonyl (C=O) groups excluding carboxylic acids is 1. The fourth-order valence-electron chi connectivity index (χ4n) is 4.63. The van der Waals surface area contributed by atoms with E-state index in [0.29, 0.717) is 30.4 Å². The second kappa shape index (κ2) is 10.7. The molecule has 2 aromatic heterocycles. The lowest BCUT2D eigenvalue weighted by atomic mass is 10.0. The second-order valence-corrected chi connectivity index (χ2v) is 9.10. The number of benzene rings is 2. The Morgan fingerprint density at radius 2 is 1.61 bits per heavy atom. The lowest BCUT2D eigenvalue weighted by Crippen LogP contribution is -2.47. The predicted molar refractivity (Wildman–Crippen MR) is 145 cm³/mol. The van der Waals surface area contributed by atoms with E-state index in [0.717, 1.165) is 35.6 Å². The zero-order valence-electron chi connectivity index (χ0n) is 21.2. The molecule has 38 heavy (non-hydrogen) atoms. The fraction of sp³-hybridized carbons (Fsp3) is 0.214. The average Bonchev–Trinajstić information content (AvgIpc) is 3.24. The minimum absolute atomic E-state index is 0.0670. The molecule has 2 aromatic carbocycles. The van der Waals surface area contributed by atoms with Crippen LogP contribution in [0.5, 0.6) is 0 Å². The van der Waals surface area contributed by atoms with Gasteiger partial charge in [0.25, 0.3) is 5.91 Å². The van der Waals surface area contributed by atoms with Gasteiger partial charge in [-0.3, -0.25) is 4.79 Å². The number of anilines is 3. The van der Waals surface area contributed by atoms with Gasteiger partial charge in [0.15, 0.2) is 11.5 Å². The molecule has 194 valence electrons. The zero-order valence-corrected chi connectivity index (χ0v) is 21.2. The lowest BCUT2D eigenvalue weighted by Gasteiger charge is -2.36. The van der Waals surface area contributed by atoms with Gasteiger partial charge in [0.1, 0.15) is 0 Å². The molecule has 1 saturated heterocycles. The molecular formula is C28H28FN7O2. The fourth-order valence-corrected chi connectivity index (χ4v) is 4.63. The summed E-state index contributed by atoms with van der Waals surface area (Å²) < 4.78 is 15.0. The summed E-state index contributed by atoms with van der Waals surface area (Å²) in [6.45, 7) is 4.86. The van der Waals surface area contributed by atoms with E-state index in [9.17, 15) is 14.4 Å². The summed E-state index contributed by atoms with van der Waals surface area (Å²) in [6, 6.07) is 19.2. The van der Waals surface area contributed by atoms with Gasteiger partial charge >= 0.3 is 0 Å². The minimum atomic E-state index is -0.508. The van der Waals surface area contributed by atoms with Crippen LogP contribution in [0.25, 0.3) is 11.1 Å². The molecule has 0 radical (unpaired) electrons. The number of nitrogens with zero attached hydrogens (tertiary/aromatic N) is 6. The molecule has 9 nitrogen and oxygen atoms in total. The third-order valence-electron chi connectivity index (χ3n) is 6.76. The molecule has 1 amide bonds. The monoisotopic (exact) mass is 513 g/mol. The number of rotatable bonds is 6. The Morgan fingerprint density at radius 3 is 2.24 bits per heavy atom. The number of hydrogen-bond acceptors (Lipinski definition) is 7. The van der Waals surface area contributed by atoms with E-state index >= 15 is 0 Å². The maximum absolute atomic E-state index is 13.2. The van der Waals surface area contributed by atoms with Gasteiger partial charge in [-0.1, -0.05) is 35.5 Å². The van der Waals surface area contributed by atoms with Crippen molar-refractivity contribution in [3.63, 3.8) is 0 Å². The number of halogens is 1. The molecule has 10 heteroatoms. The third kappa shape index (κ3) is 5.06. The summed E-state index contributed by atoms with van der Waals surface area (Å²) in [4.78, 5) is 25.6. The Bertz CT molecular complexity index is 1440. The van der Waals surface area contributed by atoms with Crippen LogP contribution in [0.4, 0.5) is 21.7 Å². The number of aryl methyl sites for hydroxylation is 1. The van der Waals surface area contributed by atoms with Gasteiger partial charge in [0, 0.05) is 55.9 Å². The SMILES string of the molecule is Cc1cc(-c2ccccc2)c(C(=NO)C(=O)Nc2ccc(N3CCN(c4ncc(F)cn4)CC3)cc2)n1C. The van der Waals surface area contributed by atoms with Crippen molar-refractivity contribution < 1.29 is 14.4 Å². The van der Waals surface area contributed by atoms with Gasteiger partial charge in [-0.05, 0) is 42.8 Å². The van der Waals surface area contributed by atoms with Crippen LogP contribution in [0.3, 0.4) is 0 Å². The molecule has 0 spiro atoms. The van der Waals surface area contributed by atoms with Crippen LogP contribution in [0.15, 0.2) is 78.2 Å². The van der Waals surface area contributed by atoms with E-state index < -0.39 is 11.7 Å². The highest BCUT2D eigenvalue weighted by molar-refractivity contribution is 6.49. The first-order valence-electron chi connectivity index (χ1n) is 12.3. The molecule has 1 aliphatic heterocycles. The Balaban J connectivity index is 1.26. The van der Waals surface area contributed by atoms with Crippen LogP contribution in [0.2, 0.25) is 0 Å². The van der Waals surface area contributed by atoms with E-state index in [4.69, 9.17) is 0 Å². The first kappa shape index (κ1) is 24.9.